The summed E-state index contributed by atoms with van der Waals surface area (Å²) in [4.78, 5) is 16.4. The number of methoxy groups -OCH3 is 1. The Balaban J connectivity index is 2.26. The van der Waals surface area contributed by atoms with Crippen molar-refractivity contribution in [2.75, 3.05) is 7.11 Å². The third-order valence-corrected chi connectivity index (χ3v) is 3.47. The summed E-state index contributed by atoms with van der Waals surface area (Å²) in [6.07, 6.45) is 7.54. The Kier molecular flexibility index (Phi) is 2.95. The van der Waals surface area contributed by atoms with Crippen LogP contribution in [0.3, 0.4) is 0 Å². The lowest BCUT2D eigenvalue weighted by molar-refractivity contribution is 0.0822. The Morgan fingerprint density at radius 2 is 2.06 bits per heavy atom. The van der Waals surface area contributed by atoms with Crippen molar-refractivity contribution < 1.29 is 9.53 Å². The van der Waals surface area contributed by atoms with Gasteiger partial charge in [-0.1, -0.05) is 19.8 Å². The molecule has 3 nitrogen and oxygen atoms in total. The average Bonchev–Trinajstić information content (AvgIpc) is 2.76. The fraction of sp³-hybridized carbons (Fsp3) is 0.538. The number of Topliss-reactive ketones (excluding diaryl/α,β-unsaturated/α-hetero) is 1. The zero-order chi connectivity index (χ0) is 11.6. The van der Waals surface area contributed by atoms with E-state index < -0.39 is 0 Å². The predicted molar refractivity (Wildman–Crippen MR) is 61.7 cm³/mol. The molecule has 0 saturated heterocycles. The summed E-state index contributed by atoms with van der Waals surface area (Å²) in [5.74, 6) is 0.851. The minimum Gasteiger partial charge on any atom is -0.495 e. The minimum absolute atomic E-state index is 0.186. The average molecular weight is 219 g/mol. The van der Waals surface area contributed by atoms with Gasteiger partial charge in [-0.2, -0.15) is 0 Å². The van der Waals surface area contributed by atoms with Crippen LogP contribution in [-0.2, 0) is 0 Å². The SMILES string of the molecule is COc1cncc(C(=O)C2(C)CCCC2)c1. The van der Waals surface area contributed by atoms with Gasteiger partial charge in [-0.15, -0.1) is 0 Å². The highest BCUT2D eigenvalue weighted by atomic mass is 16.5. The Morgan fingerprint density at radius 1 is 1.38 bits per heavy atom. The van der Waals surface area contributed by atoms with Gasteiger partial charge in [0.05, 0.1) is 13.3 Å². The van der Waals surface area contributed by atoms with Gasteiger partial charge in [0.25, 0.3) is 0 Å². The van der Waals surface area contributed by atoms with E-state index in [1.54, 1.807) is 25.6 Å². The van der Waals surface area contributed by atoms with Crippen LogP contribution in [0.2, 0.25) is 0 Å². The van der Waals surface area contributed by atoms with Gasteiger partial charge in [0, 0.05) is 17.2 Å². The van der Waals surface area contributed by atoms with Crippen LogP contribution < -0.4 is 4.74 Å². The molecule has 3 heteroatoms. The highest BCUT2D eigenvalue weighted by molar-refractivity contribution is 6.00. The van der Waals surface area contributed by atoms with Crippen LogP contribution in [-0.4, -0.2) is 17.9 Å². The molecule has 1 aliphatic rings. The highest BCUT2D eigenvalue weighted by Gasteiger charge is 2.36. The zero-order valence-corrected chi connectivity index (χ0v) is 9.82. The normalized spacial score (nSPS) is 18.4. The molecule has 1 fully saturated rings. The number of rotatable bonds is 3. The first-order valence-electron chi connectivity index (χ1n) is 5.69. The molecule has 1 heterocycles. The maximum absolute atomic E-state index is 12.3. The zero-order valence-electron chi connectivity index (χ0n) is 9.82. The van der Waals surface area contributed by atoms with Crippen LogP contribution in [0, 0.1) is 5.41 Å². The second kappa shape index (κ2) is 4.24. The van der Waals surface area contributed by atoms with Crippen molar-refractivity contribution in [3.63, 3.8) is 0 Å². The summed E-state index contributed by atoms with van der Waals surface area (Å²) in [6, 6.07) is 1.78. The number of hydrogen-bond donors (Lipinski definition) is 0. The van der Waals surface area contributed by atoms with Gasteiger partial charge in [-0.3, -0.25) is 9.78 Å². The summed E-state index contributed by atoms with van der Waals surface area (Å²) in [6.45, 7) is 2.06. The van der Waals surface area contributed by atoms with Crippen LogP contribution in [0.4, 0.5) is 0 Å². The smallest absolute Gasteiger partial charge is 0.170 e. The summed E-state index contributed by atoms with van der Waals surface area (Å²) >= 11 is 0. The van der Waals surface area contributed by atoms with E-state index in [2.05, 4.69) is 11.9 Å². The number of carbonyl (C=O) groups excluding carboxylic acids is 1. The number of carbonyl (C=O) groups is 1. The van der Waals surface area contributed by atoms with Crippen LogP contribution in [0.1, 0.15) is 43.0 Å². The molecule has 0 unspecified atom stereocenters. The molecule has 16 heavy (non-hydrogen) atoms. The van der Waals surface area contributed by atoms with E-state index in [-0.39, 0.29) is 11.2 Å². The van der Waals surface area contributed by atoms with E-state index >= 15 is 0 Å². The fourth-order valence-corrected chi connectivity index (χ4v) is 2.39. The molecule has 0 bridgehead atoms. The summed E-state index contributed by atoms with van der Waals surface area (Å²) in [5.41, 5.74) is 0.484. The number of nitrogens with zero attached hydrogens (tertiary/aromatic N) is 1. The van der Waals surface area contributed by atoms with Gasteiger partial charge in [0.15, 0.2) is 5.78 Å². The number of pyridine rings is 1. The quantitative estimate of drug-likeness (QED) is 0.734. The molecule has 1 aliphatic carbocycles. The maximum atomic E-state index is 12.3. The molecular formula is C13H17NO2. The molecule has 1 aromatic rings. The summed E-state index contributed by atoms with van der Waals surface area (Å²) in [7, 11) is 1.59. The van der Waals surface area contributed by atoms with Crippen LogP contribution in [0.5, 0.6) is 5.75 Å². The van der Waals surface area contributed by atoms with Gasteiger partial charge >= 0.3 is 0 Å². The van der Waals surface area contributed by atoms with E-state index in [0.29, 0.717) is 11.3 Å². The lowest BCUT2D eigenvalue weighted by atomic mass is 9.81. The Hall–Kier alpha value is -1.38. The molecule has 86 valence electrons. The largest absolute Gasteiger partial charge is 0.495 e. The highest BCUT2D eigenvalue weighted by Crippen LogP contribution is 2.40. The number of aromatic nitrogens is 1. The molecule has 0 amide bonds. The molecule has 2 rings (SSSR count). The number of hydrogen-bond acceptors (Lipinski definition) is 3. The molecule has 0 aromatic carbocycles. The van der Waals surface area contributed by atoms with Crippen LogP contribution in [0.15, 0.2) is 18.5 Å². The van der Waals surface area contributed by atoms with Crippen molar-refractivity contribution in [3.05, 3.63) is 24.0 Å². The van der Waals surface area contributed by atoms with E-state index in [1.165, 1.54) is 0 Å². The fourth-order valence-electron chi connectivity index (χ4n) is 2.39. The van der Waals surface area contributed by atoms with Crippen molar-refractivity contribution >= 4 is 5.78 Å². The van der Waals surface area contributed by atoms with E-state index in [4.69, 9.17) is 4.74 Å². The first-order chi connectivity index (χ1) is 7.65. The number of ketones is 1. The molecule has 1 saturated carbocycles. The maximum Gasteiger partial charge on any atom is 0.170 e. The van der Waals surface area contributed by atoms with Crippen molar-refractivity contribution in [2.45, 2.75) is 32.6 Å². The van der Waals surface area contributed by atoms with E-state index in [0.717, 1.165) is 25.7 Å². The van der Waals surface area contributed by atoms with Gasteiger partial charge in [-0.25, -0.2) is 0 Å². The summed E-state index contributed by atoms with van der Waals surface area (Å²) < 4.78 is 5.09. The van der Waals surface area contributed by atoms with Crippen molar-refractivity contribution in [1.29, 1.82) is 0 Å². The topological polar surface area (TPSA) is 39.2 Å². The van der Waals surface area contributed by atoms with Crippen LogP contribution >= 0.6 is 0 Å². The van der Waals surface area contributed by atoms with Gasteiger partial charge in [0.1, 0.15) is 5.75 Å². The predicted octanol–water partition coefficient (Wildman–Crippen LogP) is 2.85. The van der Waals surface area contributed by atoms with Gasteiger partial charge < -0.3 is 4.74 Å². The Labute approximate surface area is 95.8 Å². The molecule has 0 radical (unpaired) electrons. The molecule has 1 aromatic heterocycles. The first kappa shape index (κ1) is 11.1. The lowest BCUT2D eigenvalue weighted by Crippen LogP contribution is -2.24. The Bertz CT molecular complexity index is 395. The molecule has 0 N–H and O–H groups in total. The van der Waals surface area contributed by atoms with Gasteiger partial charge in [-0.05, 0) is 18.9 Å². The van der Waals surface area contributed by atoms with Crippen LogP contribution in [0.25, 0.3) is 0 Å². The molecule has 0 spiro atoms. The standard InChI is InChI=1S/C13H17NO2/c1-13(5-3-4-6-13)12(15)10-7-11(16-2)9-14-8-10/h7-9H,3-6H2,1-2H3. The third kappa shape index (κ3) is 1.94. The third-order valence-electron chi connectivity index (χ3n) is 3.47. The van der Waals surface area contributed by atoms with Crippen molar-refractivity contribution in [3.8, 4) is 5.75 Å². The first-order valence-corrected chi connectivity index (χ1v) is 5.69. The molecule has 0 aliphatic heterocycles. The second-order valence-electron chi connectivity index (χ2n) is 4.71. The monoisotopic (exact) mass is 219 g/mol. The van der Waals surface area contributed by atoms with E-state index in [1.807, 2.05) is 0 Å². The second-order valence-corrected chi connectivity index (χ2v) is 4.71. The van der Waals surface area contributed by atoms with E-state index in [9.17, 15) is 4.79 Å². The Morgan fingerprint density at radius 3 is 2.69 bits per heavy atom. The minimum atomic E-state index is -0.186. The summed E-state index contributed by atoms with van der Waals surface area (Å²) in [5, 5.41) is 0. The molecular weight excluding hydrogens is 202 g/mol. The molecule has 0 atom stereocenters. The van der Waals surface area contributed by atoms with Crippen molar-refractivity contribution in [2.24, 2.45) is 5.41 Å². The van der Waals surface area contributed by atoms with Gasteiger partial charge in [0.2, 0.25) is 0 Å². The number of ether oxygens (including phenoxy) is 1. The lowest BCUT2D eigenvalue weighted by Gasteiger charge is -2.21. The van der Waals surface area contributed by atoms with Crippen molar-refractivity contribution in [1.82, 2.24) is 4.98 Å².